The molecule has 0 aliphatic rings. The van der Waals surface area contributed by atoms with Crippen LogP contribution in [-0.4, -0.2) is 25.8 Å². The predicted molar refractivity (Wildman–Crippen MR) is 64.2 cm³/mol. The Hall–Kier alpha value is -1.91. The van der Waals surface area contributed by atoms with E-state index >= 15 is 0 Å². The molecular formula is C12H15N3O2. The van der Waals surface area contributed by atoms with Crippen LogP contribution in [0.25, 0.3) is 11.0 Å². The average molecular weight is 233 g/mol. The van der Waals surface area contributed by atoms with E-state index < -0.39 is 5.97 Å². The van der Waals surface area contributed by atoms with Crippen LogP contribution in [0.3, 0.4) is 0 Å². The zero-order valence-electron chi connectivity index (χ0n) is 9.97. The molecule has 2 rings (SSSR count). The first-order valence-corrected chi connectivity index (χ1v) is 5.76. The molecule has 0 amide bonds. The molecule has 0 saturated heterocycles. The van der Waals surface area contributed by atoms with E-state index in [2.05, 4.69) is 17.0 Å². The molecule has 1 N–H and O–H groups in total. The fraction of sp³-hybridized carbons (Fsp3) is 0.417. The quantitative estimate of drug-likeness (QED) is 0.878. The van der Waals surface area contributed by atoms with Crippen LogP contribution >= 0.6 is 0 Å². The van der Waals surface area contributed by atoms with E-state index in [1.54, 1.807) is 16.9 Å². The third-order valence-electron chi connectivity index (χ3n) is 2.69. The highest BCUT2D eigenvalue weighted by molar-refractivity contribution is 6.01. The lowest BCUT2D eigenvalue weighted by molar-refractivity contribution is 0.0699. The van der Waals surface area contributed by atoms with Crippen LogP contribution < -0.4 is 0 Å². The average Bonchev–Trinajstić information content (AvgIpc) is 2.71. The molecule has 90 valence electrons. The summed E-state index contributed by atoms with van der Waals surface area (Å²) in [5.41, 5.74) is 1.74. The molecule has 2 heterocycles. The van der Waals surface area contributed by atoms with Gasteiger partial charge < -0.3 is 5.11 Å². The molecule has 0 saturated carbocycles. The number of aromatic nitrogens is 3. The van der Waals surface area contributed by atoms with Gasteiger partial charge in [0.25, 0.3) is 0 Å². The number of hydrogen-bond acceptors (Lipinski definition) is 3. The minimum atomic E-state index is -0.928. The van der Waals surface area contributed by atoms with E-state index in [0.29, 0.717) is 17.5 Å². The summed E-state index contributed by atoms with van der Waals surface area (Å²) in [5, 5.41) is 14.0. The molecule has 0 aliphatic carbocycles. The SMILES string of the molecule is CCCn1ncc2c(C(=O)O)cc(CC)nc21. The molecular weight excluding hydrogens is 218 g/mol. The number of carbonyl (C=O) groups is 1. The first-order valence-electron chi connectivity index (χ1n) is 5.76. The molecule has 0 unspecified atom stereocenters. The molecule has 0 aromatic carbocycles. The smallest absolute Gasteiger partial charge is 0.336 e. The summed E-state index contributed by atoms with van der Waals surface area (Å²) in [6, 6.07) is 1.63. The minimum Gasteiger partial charge on any atom is -0.478 e. The largest absolute Gasteiger partial charge is 0.478 e. The topological polar surface area (TPSA) is 68.0 Å². The summed E-state index contributed by atoms with van der Waals surface area (Å²) in [6.07, 6.45) is 3.24. The van der Waals surface area contributed by atoms with Crippen LogP contribution in [0, 0.1) is 0 Å². The van der Waals surface area contributed by atoms with Gasteiger partial charge in [0.2, 0.25) is 0 Å². The van der Waals surface area contributed by atoms with Crippen LogP contribution in [-0.2, 0) is 13.0 Å². The second-order valence-corrected chi connectivity index (χ2v) is 3.92. The fourth-order valence-corrected chi connectivity index (χ4v) is 1.83. The molecule has 2 aromatic heterocycles. The zero-order chi connectivity index (χ0) is 12.4. The molecule has 2 aromatic rings. The summed E-state index contributed by atoms with van der Waals surface area (Å²) < 4.78 is 1.76. The van der Waals surface area contributed by atoms with Crippen LogP contribution in [0.15, 0.2) is 12.3 Å². The molecule has 0 spiro atoms. The maximum absolute atomic E-state index is 11.2. The van der Waals surface area contributed by atoms with Gasteiger partial charge in [-0.2, -0.15) is 5.10 Å². The van der Waals surface area contributed by atoms with Gasteiger partial charge in [0.05, 0.1) is 17.1 Å². The van der Waals surface area contributed by atoms with Gasteiger partial charge in [-0.25, -0.2) is 14.5 Å². The van der Waals surface area contributed by atoms with Gasteiger partial charge in [-0.05, 0) is 18.9 Å². The van der Waals surface area contributed by atoms with Crippen molar-refractivity contribution in [1.29, 1.82) is 0 Å². The maximum Gasteiger partial charge on any atom is 0.336 e. The molecule has 17 heavy (non-hydrogen) atoms. The van der Waals surface area contributed by atoms with Crippen molar-refractivity contribution in [2.24, 2.45) is 0 Å². The molecule has 0 fully saturated rings. The summed E-state index contributed by atoms with van der Waals surface area (Å²) in [7, 11) is 0. The van der Waals surface area contributed by atoms with E-state index in [1.807, 2.05) is 6.92 Å². The Kier molecular flexibility index (Phi) is 3.08. The standard InChI is InChI=1S/C12H15N3O2/c1-3-5-15-11-10(7-13-15)9(12(16)17)6-8(4-2)14-11/h6-7H,3-5H2,1-2H3,(H,16,17). The van der Waals surface area contributed by atoms with E-state index in [9.17, 15) is 9.90 Å². The fourth-order valence-electron chi connectivity index (χ4n) is 1.83. The second-order valence-electron chi connectivity index (χ2n) is 3.92. The van der Waals surface area contributed by atoms with Crippen molar-refractivity contribution in [2.45, 2.75) is 33.2 Å². The zero-order valence-corrected chi connectivity index (χ0v) is 9.97. The molecule has 0 aliphatic heterocycles. The van der Waals surface area contributed by atoms with Gasteiger partial charge in [-0.1, -0.05) is 13.8 Å². The van der Waals surface area contributed by atoms with Crippen molar-refractivity contribution in [2.75, 3.05) is 0 Å². The maximum atomic E-state index is 11.2. The molecule has 0 atom stereocenters. The monoisotopic (exact) mass is 233 g/mol. The number of aromatic carboxylic acids is 1. The van der Waals surface area contributed by atoms with Crippen LogP contribution in [0.2, 0.25) is 0 Å². The Balaban J connectivity index is 2.69. The number of pyridine rings is 1. The third-order valence-corrected chi connectivity index (χ3v) is 2.69. The van der Waals surface area contributed by atoms with Gasteiger partial charge in [-0.3, -0.25) is 0 Å². The normalized spacial score (nSPS) is 10.9. The lowest BCUT2D eigenvalue weighted by atomic mass is 10.1. The molecule has 0 bridgehead atoms. The molecule has 5 heteroatoms. The van der Waals surface area contributed by atoms with Gasteiger partial charge in [0.1, 0.15) is 0 Å². The lowest BCUT2D eigenvalue weighted by Crippen LogP contribution is -2.04. The Morgan fingerprint density at radius 3 is 2.82 bits per heavy atom. The van der Waals surface area contributed by atoms with Crippen molar-refractivity contribution in [1.82, 2.24) is 14.8 Å². The van der Waals surface area contributed by atoms with Crippen molar-refractivity contribution >= 4 is 17.0 Å². The highest BCUT2D eigenvalue weighted by atomic mass is 16.4. The number of rotatable bonds is 4. The van der Waals surface area contributed by atoms with Gasteiger partial charge in [0.15, 0.2) is 5.65 Å². The summed E-state index contributed by atoms with van der Waals surface area (Å²) in [5.74, 6) is -0.928. The Morgan fingerprint density at radius 1 is 1.47 bits per heavy atom. The van der Waals surface area contributed by atoms with Crippen molar-refractivity contribution in [3.8, 4) is 0 Å². The Morgan fingerprint density at radius 2 is 2.24 bits per heavy atom. The minimum absolute atomic E-state index is 0.286. The van der Waals surface area contributed by atoms with Gasteiger partial charge >= 0.3 is 5.97 Å². The second kappa shape index (κ2) is 4.53. The third kappa shape index (κ3) is 2.00. The van der Waals surface area contributed by atoms with Gasteiger partial charge in [-0.15, -0.1) is 0 Å². The van der Waals surface area contributed by atoms with E-state index in [1.165, 1.54) is 0 Å². The van der Waals surface area contributed by atoms with Crippen molar-refractivity contribution in [3.63, 3.8) is 0 Å². The van der Waals surface area contributed by atoms with Crippen LogP contribution in [0.5, 0.6) is 0 Å². The van der Waals surface area contributed by atoms with E-state index in [-0.39, 0.29) is 5.56 Å². The predicted octanol–water partition coefficient (Wildman–Crippen LogP) is 2.10. The summed E-state index contributed by atoms with van der Waals surface area (Å²) >= 11 is 0. The van der Waals surface area contributed by atoms with Crippen LogP contribution in [0.1, 0.15) is 36.3 Å². The number of aryl methyl sites for hydroxylation is 2. The first-order chi connectivity index (χ1) is 8.17. The van der Waals surface area contributed by atoms with E-state index in [0.717, 1.165) is 18.7 Å². The lowest BCUT2D eigenvalue weighted by Gasteiger charge is -2.04. The number of carboxylic acid groups (broad SMARTS) is 1. The number of fused-ring (bicyclic) bond motifs is 1. The highest BCUT2D eigenvalue weighted by Crippen LogP contribution is 2.19. The highest BCUT2D eigenvalue weighted by Gasteiger charge is 2.14. The Labute approximate surface area is 99.1 Å². The summed E-state index contributed by atoms with van der Waals surface area (Å²) in [6.45, 7) is 4.76. The number of nitrogens with zero attached hydrogens (tertiary/aromatic N) is 3. The first kappa shape index (κ1) is 11.6. The van der Waals surface area contributed by atoms with Crippen molar-refractivity contribution in [3.05, 3.63) is 23.5 Å². The van der Waals surface area contributed by atoms with Gasteiger partial charge in [0, 0.05) is 12.2 Å². The summed E-state index contributed by atoms with van der Waals surface area (Å²) in [4.78, 5) is 15.6. The van der Waals surface area contributed by atoms with Crippen LogP contribution in [0.4, 0.5) is 0 Å². The molecule has 0 radical (unpaired) electrons. The van der Waals surface area contributed by atoms with E-state index in [4.69, 9.17) is 0 Å². The number of hydrogen-bond donors (Lipinski definition) is 1. The van der Waals surface area contributed by atoms with Crippen molar-refractivity contribution < 1.29 is 9.90 Å². The molecule has 5 nitrogen and oxygen atoms in total. The number of carboxylic acids is 1. The Bertz CT molecular complexity index is 560.